The molecule has 0 spiro atoms. The van der Waals surface area contributed by atoms with Gasteiger partial charge in [-0.05, 0) is 19.1 Å². The molecule has 3 heterocycles. The smallest absolute Gasteiger partial charge is 0.266 e. The monoisotopic (exact) mass is 449 g/mol. The van der Waals surface area contributed by atoms with Crippen molar-refractivity contribution in [2.24, 2.45) is 0 Å². The van der Waals surface area contributed by atoms with Crippen molar-refractivity contribution in [1.82, 2.24) is 29.9 Å². The molecule has 0 fully saturated rings. The number of hydrogen-bond donors (Lipinski definition) is 2. The van der Waals surface area contributed by atoms with Gasteiger partial charge in [-0.2, -0.15) is 20.2 Å². The number of rotatable bonds is 6. The highest BCUT2D eigenvalue weighted by Crippen LogP contribution is 2.33. The lowest BCUT2D eigenvalue weighted by Gasteiger charge is -2.11. The fourth-order valence-electron chi connectivity index (χ4n) is 2.98. The van der Waals surface area contributed by atoms with E-state index in [9.17, 15) is 8.42 Å². The Morgan fingerprint density at radius 2 is 1.73 bits per heavy atom. The summed E-state index contributed by atoms with van der Waals surface area (Å²) in [5, 5.41) is 8.89. The maximum Gasteiger partial charge on any atom is 0.266 e. The SMILES string of the molecule is COc1nc(NS(=O)(=O)c2c[nH]c3c(-n4nccn4)c(Cl)ccc23)nc(OC)c1C. The van der Waals surface area contributed by atoms with Gasteiger partial charge in [0, 0.05) is 11.6 Å². The molecule has 0 saturated carbocycles. The van der Waals surface area contributed by atoms with Crippen LogP contribution in [0.15, 0.2) is 35.6 Å². The molecule has 0 bridgehead atoms. The van der Waals surface area contributed by atoms with E-state index >= 15 is 0 Å². The van der Waals surface area contributed by atoms with Crippen LogP contribution >= 0.6 is 11.6 Å². The van der Waals surface area contributed by atoms with E-state index in [2.05, 4.69) is 29.9 Å². The Morgan fingerprint density at radius 1 is 1.10 bits per heavy atom. The van der Waals surface area contributed by atoms with Crippen LogP contribution in [0, 0.1) is 6.92 Å². The summed E-state index contributed by atoms with van der Waals surface area (Å²) in [4.78, 5) is 12.4. The minimum atomic E-state index is -4.07. The van der Waals surface area contributed by atoms with Crippen LogP contribution in [0.2, 0.25) is 5.02 Å². The average molecular weight is 450 g/mol. The van der Waals surface area contributed by atoms with Gasteiger partial charge in [-0.1, -0.05) is 11.6 Å². The van der Waals surface area contributed by atoms with E-state index in [-0.39, 0.29) is 22.6 Å². The molecule has 11 nitrogen and oxygen atoms in total. The number of sulfonamides is 1. The van der Waals surface area contributed by atoms with Crippen LogP contribution in [-0.4, -0.2) is 52.6 Å². The largest absolute Gasteiger partial charge is 0.481 e. The van der Waals surface area contributed by atoms with Crippen molar-refractivity contribution >= 4 is 38.5 Å². The van der Waals surface area contributed by atoms with E-state index in [1.165, 1.54) is 37.6 Å². The predicted octanol–water partition coefficient (Wildman–Crippen LogP) is 2.32. The zero-order valence-corrected chi connectivity index (χ0v) is 17.6. The van der Waals surface area contributed by atoms with Crippen molar-refractivity contribution in [3.8, 4) is 17.4 Å². The Morgan fingerprint density at radius 3 is 2.33 bits per heavy atom. The van der Waals surface area contributed by atoms with Gasteiger partial charge < -0.3 is 14.5 Å². The number of nitrogens with one attached hydrogen (secondary N) is 2. The van der Waals surface area contributed by atoms with Gasteiger partial charge in [0.05, 0.1) is 42.7 Å². The van der Waals surface area contributed by atoms with E-state index in [4.69, 9.17) is 21.1 Å². The molecule has 0 aliphatic heterocycles. The summed E-state index contributed by atoms with van der Waals surface area (Å²) in [5.41, 5.74) is 1.43. The Balaban J connectivity index is 1.80. The summed E-state index contributed by atoms with van der Waals surface area (Å²) in [7, 11) is -1.23. The third kappa shape index (κ3) is 3.29. The summed E-state index contributed by atoms with van der Waals surface area (Å²) in [6.45, 7) is 1.70. The van der Waals surface area contributed by atoms with Crippen LogP contribution in [0.5, 0.6) is 11.8 Å². The van der Waals surface area contributed by atoms with Crippen molar-refractivity contribution in [1.29, 1.82) is 0 Å². The van der Waals surface area contributed by atoms with Crippen molar-refractivity contribution in [3.05, 3.63) is 41.3 Å². The van der Waals surface area contributed by atoms with E-state index in [1.54, 1.807) is 19.1 Å². The van der Waals surface area contributed by atoms with Crippen LogP contribution in [0.25, 0.3) is 16.6 Å². The molecular formula is C17H16ClN7O4S. The molecule has 0 aliphatic rings. The Hall–Kier alpha value is -3.38. The summed E-state index contributed by atoms with van der Waals surface area (Å²) >= 11 is 6.30. The lowest BCUT2D eigenvalue weighted by atomic mass is 10.2. The van der Waals surface area contributed by atoms with Gasteiger partial charge in [-0.25, -0.2) is 13.1 Å². The Kier molecular flexibility index (Phi) is 4.95. The molecule has 30 heavy (non-hydrogen) atoms. The van der Waals surface area contributed by atoms with Crippen LogP contribution < -0.4 is 14.2 Å². The van der Waals surface area contributed by atoms with Crippen molar-refractivity contribution in [2.45, 2.75) is 11.8 Å². The summed E-state index contributed by atoms with van der Waals surface area (Å²) in [6.07, 6.45) is 4.33. The first kappa shape index (κ1) is 19.9. The number of nitrogens with zero attached hydrogens (tertiary/aromatic N) is 5. The van der Waals surface area contributed by atoms with Gasteiger partial charge in [-0.15, -0.1) is 4.80 Å². The minimum Gasteiger partial charge on any atom is -0.481 e. The van der Waals surface area contributed by atoms with Crippen molar-refractivity contribution in [2.75, 3.05) is 18.9 Å². The molecule has 1 aromatic carbocycles. The van der Waals surface area contributed by atoms with Crippen molar-refractivity contribution in [3.63, 3.8) is 0 Å². The number of methoxy groups -OCH3 is 2. The first-order chi connectivity index (χ1) is 14.4. The first-order valence-electron chi connectivity index (χ1n) is 8.51. The summed E-state index contributed by atoms with van der Waals surface area (Å²) < 4.78 is 38.9. The topological polar surface area (TPSA) is 137 Å². The Bertz CT molecular complexity index is 1310. The molecule has 0 radical (unpaired) electrons. The number of fused-ring (bicyclic) bond motifs is 1. The third-order valence-corrected chi connectivity index (χ3v) is 5.99. The lowest BCUT2D eigenvalue weighted by Crippen LogP contribution is -2.16. The molecule has 0 amide bonds. The van der Waals surface area contributed by atoms with E-state index in [0.29, 0.717) is 27.2 Å². The van der Waals surface area contributed by atoms with E-state index < -0.39 is 10.0 Å². The zero-order chi connectivity index (χ0) is 21.5. The van der Waals surface area contributed by atoms with E-state index in [0.717, 1.165) is 0 Å². The fourth-order valence-corrected chi connectivity index (χ4v) is 4.32. The van der Waals surface area contributed by atoms with Gasteiger partial charge in [0.25, 0.3) is 10.0 Å². The quantitative estimate of drug-likeness (QED) is 0.457. The number of halogens is 1. The number of H-pyrrole nitrogens is 1. The third-order valence-electron chi connectivity index (χ3n) is 4.32. The fraction of sp³-hybridized carbons (Fsp3) is 0.176. The second kappa shape index (κ2) is 7.46. The molecular weight excluding hydrogens is 434 g/mol. The van der Waals surface area contributed by atoms with Crippen LogP contribution in [-0.2, 0) is 10.0 Å². The highest BCUT2D eigenvalue weighted by atomic mass is 35.5. The maximum atomic E-state index is 13.1. The number of aromatic nitrogens is 6. The molecule has 0 aliphatic carbocycles. The number of anilines is 1. The maximum absolute atomic E-state index is 13.1. The second-order valence-corrected chi connectivity index (χ2v) is 8.14. The van der Waals surface area contributed by atoms with Crippen LogP contribution in [0.3, 0.4) is 0 Å². The highest BCUT2D eigenvalue weighted by Gasteiger charge is 2.24. The zero-order valence-electron chi connectivity index (χ0n) is 16.0. The molecule has 13 heteroatoms. The predicted molar refractivity (Wildman–Crippen MR) is 109 cm³/mol. The number of benzene rings is 1. The second-order valence-electron chi connectivity index (χ2n) is 6.09. The number of aromatic amines is 1. The molecule has 0 saturated heterocycles. The molecule has 4 aromatic rings. The van der Waals surface area contributed by atoms with Gasteiger partial charge in [-0.3, -0.25) is 0 Å². The molecule has 4 rings (SSSR count). The average Bonchev–Trinajstić information content (AvgIpc) is 3.39. The summed E-state index contributed by atoms with van der Waals surface area (Å²) in [6, 6.07) is 3.16. The highest BCUT2D eigenvalue weighted by molar-refractivity contribution is 7.93. The van der Waals surface area contributed by atoms with Gasteiger partial charge in [0.2, 0.25) is 17.7 Å². The molecule has 3 aromatic heterocycles. The molecule has 2 N–H and O–H groups in total. The molecule has 0 atom stereocenters. The van der Waals surface area contributed by atoms with Crippen LogP contribution in [0.1, 0.15) is 5.56 Å². The van der Waals surface area contributed by atoms with E-state index in [1.807, 2.05) is 0 Å². The standard InChI is InChI=1S/C17H16ClN7O4S/c1-9-15(28-2)22-17(23-16(9)29-3)24-30(26,27)12-8-19-13-10(12)4-5-11(18)14(13)25-20-6-7-21-25/h4-8,19H,1-3H3,(H,22,23,24). The molecule has 0 unspecified atom stereocenters. The van der Waals surface area contributed by atoms with Gasteiger partial charge in [0.15, 0.2) is 0 Å². The lowest BCUT2D eigenvalue weighted by molar-refractivity contribution is 0.367. The Labute approximate surface area is 176 Å². The number of hydrogen-bond acceptors (Lipinski definition) is 8. The first-order valence-corrected chi connectivity index (χ1v) is 10.4. The van der Waals surface area contributed by atoms with Crippen LogP contribution in [0.4, 0.5) is 5.95 Å². The number of ether oxygens (including phenoxy) is 2. The van der Waals surface area contributed by atoms with Gasteiger partial charge in [0.1, 0.15) is 10.6 Å². The summed E-state index contributed by atoms with van der Waals surface area (Å²) in [5.74, 6) is 0.196. The minimum absolute atomic E-state index is 0.0234. The van der Waals surface area contributed by atoms with Gasteiger partial charge >= 0.3 is 0 Å². The normalized spacial score (nSPS) is 11.6. The molecule has 156 valence electrons. The van der Waals surface area contributed by atoms with Crippen molar-refractivity contribution < 1.29 is 17.9 Å².